The molecule has 1 aliphatic heterocycles. The summed E-state index contributed by atoms with van der Waals surface area (Å²) < 4.78 is 2.05. The maximum atomic E-state index is 4.16. The van der Waals surface area contributed by atoms with Gasteiger partial charge in [0.15, 0.2) is 0 Å². The molecular weight excluding hydrogens is 248 g/mol. The lowest BCUT2D eigenvalue weighted by Gasteiger charge is -2.28. The number of nitrogens with zero attached hydrogens (tertiary/aromatic N) is 4. The van der Waals surface area contributed by atoms with E-state index in [1.807, 2.05) is 63.3 Å². The Hall–Kier alpha value is -2.10. The predicted molar refractivity (Wildman–Crippen MR) is 86.2 cm³/mol. The maximum Gasteiger partial charge on any atom is 0.236 e. The van der Waals surface area contributed by atoms with Crippen LogP contribution in [0.1, 0.15) is 39.1 Å². The van der Waals surface area contributed by atoms with Crippen LogP contribution < -0.4 is 4.90 Å². The van der Waals surface area contributed by atoms with Crippen molar-refractivity contribution in [2.24, 2.45) is 0 Å². The van der Waals surface area contributed by atoms with Crippen molar-refractivity contribution in [3.8, 4) is 5.69 Å². The number of fused-ring (bicyclic) bond motifs is 3. The minimum absolute atomic E-state index is 0.821. The first kappa shape index (κ1) is 16.0. The number of rotatable bonds is 0. The number of hydrogen-bond donors (Lipinski definition) is 0. The Kier molecular flexibility index (Phi) is 5.50. The van der Waals surface area contributed by atoms with E-state index in [4.69, 9.17) is 0 Å². The van der Waals surface area contributed by atoms with Crippen molar-refractivity contribution in [1.29, 1.82) is 0 Å². The van der Waals surface area contributed by atoms with Crippen molar-refractivity contribution in [3.05, 3.63) is 42.2 Å². The van der Waals surface area contributed by atoms with Crippen LogP contribution in [0.3, 0.4) is 0 Å². The fourth-order valence-corrected chi connectivity index (χ4v) is 2.06. The second-order valence-electron chi connectivity index (χ2n) is 3.91. The third kappa shape index (κ3) is 2.46. The molecule has 0 atom stereocenters. The molecule has 0 radical (unpaired) electrons. The summed E-state index contributed by atoms with van der Waals surface area (Å²) in [5.41, 5.74) is 3.18. The number of anilines is 1. The van der Waals surface area contributed by atoms with Crippen molar-refractivity contribution >= 4 is 11.6 Å². The Morgan fingerprint density at radius 1 is 1.00 bits per heavy atom. The molecule has 2 heterocycles. The first-order chi connectivity index (χ1) is 9.70. The molecule has 0 spiro atoms. The van der Waals surface area contributed by atoms with E-state index in [1.54, 1.807) is 0 Å². The van der Waals surface area contributed by atoms with Gasteiger partial charge in [-0.1, -0.05) is 52.5 Å². The van der Waals surface area contributed by atoms with Gasteiger partial charge in [-0.3, -0.25) is 4.57 Å². The Morgan fingerprint density at radius 2 is 1.60 bits per heavy atom. The standard InChI is InChI=1S/C12H12N4.2C2H6/c1-8-10-6-4-5-7-11(10)16-9(2)13-14-12(16)15(8)3;2*1-2/h4-7H,1H2,2-3H3;2*1-2H3. The fraction of sp³-hybridized carbons (Fsp3) is 0.375. The summed E-state index contributed by atoms with van der Waals surface area (Å²) in [7, 11) is 1.96. The second kappa shape index (κ2) is 6.89. The zero-order chi connectivity index (χ0) is 15.3. The van der Waals surface area contributed by atoms with Gasteiger partial charge in [0.05, 0.1) is 5.69 Å². The molecule has 1 aliphatic rings. The van der Waals surface area contributed by atoms with Crippen LogP contribution in [0.15, 0.2) is 30.8 Å². The van der Waals surface area contributed by atoms with Crippen molar-refractivity contribution < 1.29 is 0 Å². The highest BCUT2D eigenvalue weighted by Gasteiger charge is 2.25. The minimum Gasteiger partial charge on any atom is -0.313 e. The lowest BCUT2D eigenvalue weighted by atomic mass is 10.1. The highest BCUT2D eigenvalue weighted by atomic mass is 15.4. The summed E-state index contributed by atoms with van der Waals surface area (Å²) in [5, 5.41) is 8.28. The fourth-order valence-electron chi connectivity index (χ4n) is 2.06. The summed E-state index contributed by atoms with van der Waals surface area (Å²) >= 11 is 0. The average Bonchev–Trinajstić information content (AvgIpc) is 2.91. The van der Waals surface area contributed by atoms with Crippen LogP contribution in [-0.4, -0.2) is 21.8 Å². The van der Waals surface area contributed by atoms with E-state index in [0.717, 1.165) is 28.7 Å². The van der Waals surface area contributed by atoms with E-state index in [9.17, 15) is 0 Å². The summed E-state index contributed by atoms with van der Waals surface area (Å²) in [6.07, 6.45) is 0. The molecule has 0 bridgehead atoms. The summed E-state index contributed by atoms with van der Waals surface area (Å²) in [5.74, 6) is 1.71. The number of aromatic nitrogens is 3. The normalized spacial score (nSPS) is 11.5. The summed E-state index contributed by atoms with van der Waals surface area (Å²) in [6, 6.07) is 8.16. The van der Waals surface area contributed by atoms with E-state index < -0.39 is 0 Å². The quantitative estimate of drug-likeness (QED) is 0.725. The van der Waals surface area contributed by atoms with Crippen molar-refractivity contribution in [2.75, 3.05) is 11.9 Å². The highest BCUT2D eigenvalue weighted by molar-refractivity contribution is 5.83. The molecule has 4 heteroatoms. The Morgan fingerprint density at radius 3 is 2.25 bits per heavy atom. The topological polar surface area (TPSA) is 34.0 Å². The highest BCUT2D eigenvalue weighted by Crippen LogP contribution is 2.34. The zero-order valence-electron chi connectivity index (χ0n) is 13.3. The van der Waals surface area contributed by atoms with Gasteiger partial charge in [-0.25, -0.2) is 0 Å². The van der Waals surface area contributed by atoms with Crippen LogP contribution in [0.5, 0.6) is 0 Å². The summed E-state index contributed by atoms with van der Waals surface area (Å²) in [4.78, 5) is 1.96. The first-order valence-corrected chi connectivity index (χ1v) is 7.14. The zero-order valence-corrected chi connectivity index (χ0v) is 13.3. The van der Waals surface area contributed by atoms with E-state index in [0.29, 0.717) is 0 Å². The average molecular weight is 272 g/mol. The molecular formula is C16H24N4. The van der Waals surface area contributed by atoms with Gasteiger partial charge in [0.1, 0.15) is 5.82 Å². The number of aryl methyl sites for hydroxylation is 1. The van der Waals surface area contributed by atoms with E-state index in [1.165, 1.54) is 0 Å². The van der Waals surface area contributed by atoms with Crippen LogP contribution in [0.4, 0.5) is 5.95 Å². The van der Waals surface area contributed by atoms with Crippen LogP contribution in [0.25, 0.3) is 11.4 Å². The minimum atomic E-state index is 0.821. The van der Waals surface area contributed by atoms with E-state index in [2.05, 4.69) is 28.9 Å². The molecule has 0 saturated carbocycles. The molecule has 0 N–H and O–H groups in total. The largest absolute Gasteiger partial charge is 0.313 e. The van der Waals surface area contributed by atoms with E-state index >= 15 is 0 Å². The molecule has 2 aromatic rings. The monoisotopic (exact) mass is 272 g/mol. The van der Waals surface area contributed by atoms with E-state index in [-0.39, 0.29) is 0 Å². The van der Waals surface area contributed by atoms with Gasteiger partial charge < -0.3 is 4.90 Å². The van der Waals surface area contributed by atoms with Crippen molar-refractivity contribution in [2.45, 2.75) is 34.6 Å². The molecule has 0 fully saturated rings. The van der Waals surface area contributed by atoms with Gasteiger partial charge in [0, 0.05) is 18.3 Å². The molecule has 0 unspecified atom stereocenters. The molecule has 0 saturated heterocycles. The molecule has 1 aromatic carbocycles. The van der Waals surface area contributed by atoms with Gasteiger partial charge in [-0.2, -0.15) is 0 Å². The number of hydrogen-bond acceptors (Lipinski definition) is 3. The molecule has 0 amide bonds. The maximum absolute atomic E-state index is 4.16. The van der Waals surface area contributed by atoms with Crippen molar-refractivity contribution in [1.82, 2.24) is 14.8 Å². The third-order valence-corrected chi connectivity index (χ3v) is 2.97. The van der Waals surface area contributed by atoms with Gasteiger partial charge in [-0.15, -0.1) is 10.2 Å². The number of para-hydroxylation sites is 1. The van der Waals surface area contributed by atoms with Crippen LogP contribution in [0, 0.1) is 6.92 Å². The third-order valence-electron chi connectivity index (χ3n) is 2.97. The molecule has 1 aromatic heterocycles. The number of benzene rings is 1. The van der Waals surface area contributed by atoms with Gasteiger partial charge in [0.25, 0.3) is 0 Å². The SMILES string of the molecule is C=C1c2ccccc2-n2c(C)nnc2N1C.CC.CC. The van der Waals surface area contributed by atoms with Gasteiger partial charge in [0.2, 0.25) is 5.95 Å². The Bertz CT molecular complexity index is 584. The summed E-state index contributed by atoms with van der Waals surface area (Å²) in [6.45, 7) is 14.0. The van der Waals surface area contributed by atoms with Gasteiger partial charge >= 0.3 is 0 Å². The van der Waals surface area contributed by atoms with Crippen LogP contribution in [0.2, 0.25) is 0 Å². The Labute approximate surface area is 121 Å². The van der Waals surface area contributed by atoms with Crippen LogP contribution in [-0.2, 0) is 0 Å². The lowest BCUT2D eigenvalue weighted by Crippen LogP contribution is -2.24. The smallest absolute Gasteiger partial charge is 0.236 e. The first-order valence-electron chi connectivity index (χ1n) is 7.14. The lowest BCUT2D eigenvalue weighted by molar-refractivity contribution is 0.927. The molecule has 3 rings (SSSR count). The molecule has 4 nitrogen and oxygen atoms in total. The van der Waals surface area contributed by atoms with Gasteiger partial charge in [-0.05, 0) is 13.0 Å². The predicted octanol–water partition coefficient (Wildman–Crippen LogP) is 4.05. The van der Waals surface area contributed by atoms with Crippen molar-refractivity contribution in [3.63, 3.8) is 0 Å². The molecule has 20 heavy (non-hydrogen) atoms. The Balaban J connectivity index is 0.000000461. The van der Waals surface area contributed by atoms with Crippen LogP contribution >= 0.6 is 0 Å². The molecule has 0 aliphatic carbocycles. The second-order valence-corrected chi connectivity index (χ2v) is 3.91. The molecule has 108 valence electrons.